The number of halogens is 3. The molecule has 28 heavy (non-hydrogen) atoms. The van der Waals surface area contributed by atoms with Gasteiger partial charge in [0.1, 0.15) is 17.6 Å². The molecule has 3 heterocycles. The Morgan fingerprint density at radius 3 is 2.75 bits per heavy atom. The zero-order chi connectivity index (χ0) is 20.1. The first-order valence-corrected chi connectivity index (χ1v) is 8.62. The van der Waals surface area contributed by atoms with Crippen molar-refractivity contribution in [3.63, 3.8) is 0 Å². The maximum atomic E-state index is 13.2. The van der Waals surface area contributed by atoms with Gasteiger partial charge < -0.3 is 5.11 Å². The number of hydrogen-bond donors (Lipinski definition) is 1. The van der Waals surface area contributed by atoms with E-state index >= 15 is 0 Å². The molecule has 2 aromatic heterocycles. The molecule has 1 aromatic carbocycles. The number of aryl methyl sites for hydroxylation is 1. The molecule has 4 rings (SSSR count). The van der Waals surface area contributed by atoms with Crippen LogP contribution in [0.2, 0.25) is 0 Å². The Morgan fingerprint density at radius 2 is 2.04 bits per heavy atom. The Labute approximate surface area is 156 Å². The number of carboxylic acid groups (broad SMARTS) is 1. The van der Waals surface area contributed by atoms with Gasteiger partial charge in [-0.25, -0.2) is 19.3 Å². The molecule has 146 valence electrons. The highest BCUT2D eigenvalue weighted by Gasteiger charge is 2.34. The maximum absolute atomic E-state index is 13.2. The van der Waals surface area contributed by atoms with E-state index in [0.29, 0.717) is 30.5 Å². The van der Waals surface area contributed by atoms with Crippen molar-refractivity contribution in [3.05, 3.63) is 57.9 Å². The molecule has 1 N–H and O–H groups in total. The topological polar surface area (TPSA) is 90.0 Å². The summed E-state index contributed by atoms with van der Waals surface area (Å²) in [4.78, 5) is 27.8. The van der Waals surface area contributed by atoms with Gasteiger partial charge in [0.15, 0.2) is 0 Å². The number of aromatic nitrogens is 4. The summed E-state index contributed by atoms with van der Waals surface area (Å²) in [6.07, 6.45) is -3.31. The van der Waals surface area contributed by atoms with Crippen LogP contribution in [0.1, 0.15) is 36.0 Å². The fourth-order valence-electron chi connectivity index (χ4n) is 3.55. The summed E-state index contributed by atoms with van der Waals surface area (Å²) in [5.41, 5.74) is -1.30. The van der Waals surface area contributed by atoms with Crippen molar-refractivity contribution in [2.45, 2.75) is 38.0 Å². The molecule has 1 aliphatic rings. The van der Waals surface area contributed by atoms with Gasteiger partial charge in [-0.05, 0) is 30.5 Å². The molecule has 7 nitrogen and oxygen atoms in total. The van der Waals surface area contributed by atoms with Gasteiger partial charge in [-0.1, -0.05) is 18.2 Å². The monoisotopic (exact) mass is 392 g/mol. The first-order chi connectivity index (χ1) is 13.3. The molecule has 0 bridgehead atoms. The van der Waals surface area contributed by atoms with Crippen LogP contribution in [-0.4, -0.2) is 30.4 Å². The fraction of sp³-hybridized carbons (Fsp3) is 0.333. The predicted molar refractivity (Wildman–Crippen MR) is 91.9 cm³/mol. The summed E-state index contributed by atoms with van der Waals surface area (Å²) in [6, 6.07) is 6.24. The molecular weight excluding hydrogens is 377 g/mol. The lowest BCUT2D eigenvalue weighted by Crippen LogP contribution is -2.34. The van der Waals surface area contributed by atoms with E-state index in [4.69, 9.17) is 0 Å². The number of rotatable bonds is 3. The highest BCUT2D eigenvalue weighted by molar-refractivity contribution is 5.82. The lowest BCUT2D eigenvalue weighted by Gasteiger charge is -2.19. The minimum Gasteiger partial charge on any atom is -0.480 e. The molecule has 0 saturated carbocycles. The van der Waals surface area contributed by atoms with Crippen molar-refractivity contribution < 1.29 is 23.1 Å². The highest BCUT2D eigenvalue weighted by atomic mass is 19.4. The van der Waals surface area contributed by atoms with Crippen molar-refractivity contribution in [1.82, 2.24) is 19.3 Å². The lowest BCUT2D eigenvalue weighted by molar-refractivity contribution is -0.142. The van der Waals surface area contributed by atoms with Gasteiger partial charge in [0.25, 0.3) is 0 Å². The molecule has 0 unspecified atom stereocenters. The Hall–Kier alpha value is -3.17. The second kappa shape index (κ2) is 6.47. The molecular formula is C18H15F3N4O3. The number of aliphatic carboxylic acids is 1. The van der Waals surface area contributed by atoms with Crippen LogP contribution in [0.4, 0.5) is 13.2 Å². The van der Waals surface area contributed by atoms with Crippen molar-refractivity contribution in [2.24, 2.45) is 0 Å². The third-order valence-corrected chi connectivity index (χ3v) is 4.83. The van der Waals surface area contributed by atoms with Gasteiger partial charge in [0.2, 0.25) is 0 Å². The number of hydrogen-bond acceptors (Lipinski definition) is 4. The molecule has 0 aliphatic carbocycles. The third kappa shape index (κ3) is 3.04. The van der Waals surface area contributed by atoms with E-state index < -0.39 is 29.6 Å². The van der Waals surface area contributed by atoms with Crippen molar-refractivity contribution in [1.29, 1.82) is 0 Å². The van der Waals surface area contributed by atoms with E-state index in [0.717, 1.165) is 15.3 Å². The summed E-state index contributed by atoms with van der Waals surface area (Å²) in [7, 11) is 0. The van der Waals surface area contributed by atoms with Crippen LogP contribution in [0.15, 0.2) is 35.1 Å². The fourth-order valence-corrected chi connectivity index (χ4v) is 3.55. The molecule has 0 spiro atoms. The predicted octanol–water partition coefficient (Wildman–Crippen LogP) is 2.62. The number of carbonyl (C=O) groups is 1. The summed E-state index contributed by atoms with van der Waals surface area (Å²) in [6.45, 7) is -0.211. The first kappa shape index (κ1) is 18.2. The highest BCUT2D eigenvalue weighted by Crippen LogP contribution is 2.31. The van der Waals surface area contributed by atoms with E-state index in [1.54, 1.807) is 18.2 Å². The zero-order valence-corrected chi connectivity index (χ0v) is 14.5. The number of pyridine rings is 1. The minimum absolute atomic E-state index is 0.160. The van der Waals surface area contributed by atoms with Crippen LogP contribution in [0.25, 0.3) is 10.9 Å². The Bertz CT molecular complexity index is 1130. The smallest absolute Gasteiger partial charge is 0.433 e. The summed E-state index contributed by atoms with van der Waals surface area (Å²) in [5, 5.41) is 14.0. The largest absolute Gasteiger partial charge is 0.480 e. The molecule has 0 saturated heterocycles. The number of benzene rings is 1. The number of fused-ring (bicyclic) bond motifs is 2. The van der Waals surface area contributed by atoms with Gasteiger partial charge >= 0.3 is 17.8 Å². The van der Waals surface area contributed by atoms with E-state index in [-0.39, 0.29) is 17.6 Å². The van der Waals surface area contributed by atoms with Gasteiger partial charge in [0, 0.05) is 11.8 Å². The first-order valence-electron chi connectivity index (χ1n) is 8.62. The normalized spacial score (nSPS) is 16.9. The molecule has 3 aromatic rings. The summed E-state index contributed by atoms with van der Waals surface area (Å²) >= 11 is 0. The van der Waals surface area contributed by atoms with Gasteiger partial charge in [0.05, 0.1) is 12.1 Å². The number of carboxylic acids is 1. The second-order valence-electron chi connectivity index (χ2n) is 6.65. The van der Waals surface area contributed by atoms with Crippen LogP contribution in [0.3, 0.4) is 0 Å². The van der Waals surface area contributed by atoms with Gasteiger partial charge in [-0.3, -0.25) is 4.57 Å². The molecule has 0 amide bonds. The SMILES string of the molecule is O=C(O)[C@H]1CCCc2nn(Cc3cc(C(F)(F)F)nc4ccccc34)c(=O)n21. The molecule has 1 atom stereocenters. The Morgan fingerprint density at radius 1 is 1.29 bits per heavy atom. The number of alkyl halides is 3. The van der Waals surface area contributed by atoms with Crippen molar-refractivity contribution >= 4 is 16.9 Å². The Balaban J connectivity index is 1.83. The quantitative estimate of drug-likeness (QED) is 0.740. The summed E-state index contributed by atoms with van der Waals surface area (Å²) in [5.74, 6) is -0.797. The average molecular weight is 392 g/mol. The second-order valence-corrected chi connectivity index (χ2v) is 6.65. The Kier molecular flexibility index (Phi) is 4.20. The number of nitrogens with zero attached hydrogens (tertiary/aromatic N) is 4. The van der Waals surface area contributed by atoms with Crippen LogP contribution in [0, 0.1) is 0 Å². The van der Waals surface area contributed by atoms with Crippen molar-refractivity contribution in [2.75, 3.05) is 0 Å². The van der Waals surface area contributed by atoms with Gasteiger partial charge in [-0.15, -0.1) is 0 Å². The van der Waals surface area contributed by atoms with E-state index in [9.17, 15) is 27.9 Å². The van der Waals surface area contributed by atoms with Crippen molar-refractivity contribution in [3.8, 4) is 0 Å². The maximum Gasteiger partial charge on any atom is 0.433 e. The van der Waals surface area contributed by atoms with E-state index in [1.807, 2.05) is 0 Å². The van der Waals surface area contributed by atoms with Crippen LogP contribution in [-0.2, 0) is 23.9 Å². The molecule has 10 heteroatoms. The van der Waals surface area contributed by atoms with Gasteiger partial charge in [-0.2, -0.15) is 18.3 Å². The van der Waals surface area contributed by atoms with E-state index in [2.05, 4.69) is 10.1 Å². The van der Waals surface area contributed by atoms with Crippen LogP contribution in [0.5, 0.6) is 0 Å². The molecule has 1 aliphatic heterocycles. The minimum atomic E-state index is -4.63. The van der Waals surface area contributed by atoms with E-state index in [1.165, 1.54) is 6.07 Å². The zero-order valence-electron chi connectivity index (χ0n) is 14.5. The molecule has 0 radical (unpaired) electrons. The third-order valence-electron chi connectivity index (χ3n) is 4.83. The summed E-state index contributed by atoms with van der Waals surface area (Å²) < 4.78 is 41.8. The standard InChI is InChI=1S/C18H15F3N4O3/c19-18(20,21)14-8-10(11-4-1-2-5-12(11)22-14)9-24-17(28)25-13(16(26)27)6-3-7-15(25)23-24/h1-2,4-5,8,13H,3,6-7,9H2,(H,26,27)/t13-/m1/s1. The van der Waals surface area contributed by atoms with Crippen LogP contribution >= 0.6 is 0 Å². The van der Waals surface area contributed by atoms with Crippen LogP contribution < -0.4 is 5.69 Å². The number of para-hydroxylation sites is 1. The molecule has 0 fully saturated rings. The average Bonchev–Trinajstić information content (AvgIpc) is 2.96. The lowest BCUT2D eigenvalue weighted by atomic mass is 10.1.